The third-order valence-electron chi connectivity index (χ3n) is 4.06. The summed E-state index contributed by atoms with van der Waals surface area (Å²) in [5, 5.41) is 0. The summed E-state index contributed by atoms with van der Waals surface area (Å²) in [6.45, 7) is 4.94. The van der Waals surface area contributed by atoms with Crippen molar-refractivity contribution in [1.29, 1.82) is 0 Å². The van der Waals surface area contributed by atoms with Crippen LogP contribution in [-0.2, 0) is 0 Å². The number of nitrogens with zero attached hydrogens (tertiary/aromatic N) is 2. The Balaban J connectivity index is 1.76. The van der Waals surface area contributed by atoms with Gasteiger partial charge in [-0.1, -0.05) is 0 Å². The summed E-state index contributed by atoms with van der Waals surface area (Å²) in [5.74, 6) is 0. The van der Waals surface area contributed by atoms with Gasteiger partial charge in [0, 0.05) is 37.1 Å². The highest BCUT2D eigenvalue weighted by Crippen LogP contribution is 2.25. The molecule has 0 aliphatic carbocycles. The molecule has 1 atom stereocenters. The van der Waals surface area contributed by atoms with Crippen LogP contribution in [0.2, 0.25) is 0 Å². The van der Waals surface area contributed by atoms with Crippen LogP contribution in [0.5, 0.6) is 0 Å². The van der Waals surface area contributed by atoms with E-state index in [1.165, 1.54) is 51.1 Å². The zero-order valence-corrected chi connectivity index (χ0v) is 10.3. The highest BCUT2D eigenvalue weighted by molar-refractivity contribution is 5.53. The van der Waals surface area contributed by atoms with E-state index in [0.29, 0.717) is 0 Å². The van der Waals surface area contributed by atoms with Gasteiger partial charge in [0.1, 0.15) is 0 Å². The molecule has 3 heteroatoms. The highest BCUT2D eigenvalue weighted by Gasteiger charge is 2.28. The van der Waals surface area contributed by atoms with Gasteiger partial charge < -0.3 is 10.6 Å². The largest absolute Gasteiger partial charge is 0.399 e. The molecule has 1 aromatic carbocycles. The van der Waals surface area contributed by atoms with E-state index in [-0.39, 0.29) is 0 Å². The monoisotopic (exact) mass is 231 g/mol. The lowest BCUT2D eigenvalue weighted by atomic mass is 10.2. The number of nitrogens with two attached hydrogens (primary N) is 1. The van der Waals surface area contributed by atoms with Gasteiger partial charge in [-0.25, -0.2) is 0 Å². The van der Waals surface area contributed by atoms with Crippen molar-refractivity contribution in [3.63, 3.8) is 0 Å². The quantitative estimate of drug-likeness (QED) is 0.750. The number of fused-ring (bicyclic) bond motifs is 1. The molecule has 2 aliphatic heterocycles. The van der Waals surface area contributed by atoms with Crippen LogP contribution in [0, 0.1) is 0 Å². The number of hydrogen-bond donors (Lipinski definition) is 1. The van der Waals surface area contributed by atoms with Crippen molar-refractivity contribution in [2.75, 3.05) is 36.8 Å². The molecule has 0 amide bonds. The lowest BCUT2D eigenvalue weighted by Gasteiger charge is -2.27. The summed E-state index contributed by atoms with van der Waals surface area (Å²) in [7, 11) is 0. The second kappa shape index (κ2) is 4.57. The van der Waals surface area contributed by atoms with Crippen LogP contribution in [0.15, 0.2) is 24.3 Å². The third kappa shape index (κ3) is 2.25. The fourth-order valence-corrected chi connectivity index (χ4v) is 3.13. The van der Waals surface area contributed by atoms with Crippen LogP contribution >= 0.6 is 0 Å². The molecule has 0 saturated carbocycles. The van der Waals surface area contributed by atoms with E-state index in [2.05, 4.69) is 21.9 Å². The molecule has 2 heterocycles. The van der Waals surface area contributed by atoms with Crippen LogP contribution < -0.4 is 10.6 Å². The molecule has 2 N–H and O–H groups in total. The number of hydrogen-bond acceptors (Lipinski definition) is 3. The smallest absolute Gasteiger partial charge is 0.0368 e. The SMILES string of the molecule is Nc1ccc(N2CCCN3CCCC3C2)cc1. The minimum Gasteiger partial charge on any atom is -0.399 e. The van der Waals surface area contributed by atoms with Crippen LogP contribution in [-0.4, -0.2) is 37.1 Å². The molecule has 3 rings (SSSR count). The number of nitrogen functional groups attached to an aromatic ring is 1. The van der Waals surface area contributed by atoms with E-state index in [0.717, 1.165) is 11.7 Å². The van der Waals surface area contributed by atoms with E-state index in [9.17, 15) is 0 Å². The molecule has 17 heavy (non-hydrogen) atoms. The summed E-state index contributed by atoms with van der Waals surface area (Å²) in [4.78, 5) is 5.19. The van der Waals surface area contributed by atoms with Crippen LogP contribution in [0.3, 0.4) is 0 Å². The fraction of sp³-hybridized carbons (Fsp3) is 0.571. The molecule has 2 aliphatic rings. The van der Waals surface area contributed by atoms with Gasteiger partial charge in [0.25, 0.3) is 0 Å². The molecule has 2 fully saturated rings. The first-order valence-corrected chi connectivity index (χ1v) is 6.67. The molecule has 0 aromatic heterocycles. The summed E-state index contributed by atoms with van der Waals surface area (Å²) in [6, 6.07) is 9.09. The number of benzene rings is 1. The van der Waals surface area contributed by atoms with Gasteiger partial charge >= 0.3 is 0 Å². The predicted molar refractivity (Wildman–Crippen MR) is 72.3 cm³/mol. The van der Waals surface area contributed by atoms with Crippen LogP contribution in [0.25, 0.3) is 0 Å². The van der Waals surface area contributed by atoms with Crippen molar-refractivity contribution in [1.82, 2.24) is 4.90 Å². The van der Waals surface area contributed by atoms with Crippen molar-refractivity contribution < 1.29 is 0 Å². The Morgan fingerprint density at radius 3 is 2.59 bits per heavy atom. The Labute approximate surface area is 103 Å². The second-order valence-electron chi connectivity index (χ2n) is 5.22. The standard InChI is InChI=1S/C14H21N3/c15-12-4-6-13(7-5-12)17-10-2-9-16-8-1-3-14(16)11-17/h4-7,14H,1-3,8-11,15H2. The molecule has 1 unspecified atom stereocenters. The number of anilines is 2. The van der Waals surface area contributed by atoms with Crippen LogP contribution in [0.1, 0.15) is 19.3 Å². The van der Waals surface area contributed by atoms with Crippen molar-refractivity contribution in [3.05, 3.63) is 24.3 Å². The van der Waals surface area contributed by atoms with Gasteiger partial charge in [0.2, 0.25) is 0 Å². The first-order valence-electron chi connectivity index (χ1n) is 6.67. The number of rotatable bonds is 1. The Morgan fingerprint density at radius 2 is 1.76 bits per heavy atom. The lowest BCUT2D eigenvalue weighted by molar-refractivity contribution is 0.273. The zero-order valence-electron chi connectivity index (χ0n) is 10.3. The van der Waals surface area contributed by atoms with Gasteiger partial charge in [-0.2, -0.15) is 0 Å². The van der Waals surface area contributed by atoms with Gasteiger partial charge in [-0.3, -0.25) is 4.90 Å². The molecular weight excluding hydrogens is 210 g/mol. The van der Waals surface area contributed by atoms with Crippen molar-refractivity contribution >= 4 is 11.4 Å². The van der Waals surface area contributed by atoms with Gasteiger partial charge in [0.05, 0.1) is 0 Å². The maximum Gasteiger partial charge on any atom is 0.0368 e. The average Bonchev–Trinajstić information content (AvgIpc) is 2.68. The molecular formula is C14H21N3. The predicted octanol–water partition coefficient (Wildman–Crippen LogP) is 1.94. The van der Waals surface area contributed by atoms with Gasteiger partial charge in [-0.15, -0.1) is 0 Å². The average molecular weight is 231 g/mol. The first kappa shape index (κ1) is 10.9. The van der Waals surface area contributed by atoms with Crippen molar-refractivity contribution in [3.8, 4) is 0 Å². The van der Waals surface area contributed by atoms with Gasteiger partial charge in [0.15, 0.2) is 0 Å². The van der Waals surface area contributed by atoms with Crippen LogP contribution in [0.4, 0.5) is 11.4 Å². The highest BCUT2D eigenvalue weighted by atomic mass is 15.3. The summed E-state index contributed by atoms with van der Waals surface area (Å²) in [6.07, 6.45) is 4.02. The fourth-order valence-electron chi connectivity index (χ4n) is 3.13. The Morgan fingerprint density at radius 1 is 1.00 bits per heavy atom. The maximum absolute atomic E-state index is 5.75. The lowest BCUT2D eigenvalue weighted by Crippen LogP contribution is -2.36. The Kier molecular flexibility index (Phi) is 2.93. The Hall–Kier alpha value is -1.22. The van der Waals surface area contributed by atoms with Crippen molar-refractivity contribution in [2.24, 2.45) is 0 Å². The van der Waals surface area contributed by atoms with Gasteiger partial charge in [-0.05, 0) is 50.1 Å². The normalized spacial score (nSPS) is 25.6. The molecule has 0 radical (unpaired) electrons. The topological polar surface area (TPSA) is 32.5 Å². The summed E-state index contributed by atoms with van der Waals surface area (Å²) < 4.78 is 0. The summed E-state index contributed by atoms with van der Waals surface area (Å²) >= 11 is 0. The second-order valence-corrected chi connectivity index (χ2v) is 5.22. The molecule has 1 aromatic rings. The minimum atomic E-state index is 0.773. The van der Waals surface area contributed by atoms with E-state index in [4.69, 9.17) is 5.73 Å². The Bertz CT molecular complexity index is 374. The summed E-state index contributed by atoms with van der Waals surface area (Å²) in [5.41, 5.74) is 7.93. The molecule has 92 valence electrons. The van der Waals surface area contributed by atoms with E-state index in [1.807, 2.05) is 12.1 Å². The first-order chi connectivity index (χ1) is 8.33. The van der Waals surface area contributed by atoms with E-state index >= 15 is 0 Å². The molecule has 3 nitrogen and oxygen atoms in total. The minimum absolute atomic E-state index is 0.773. The maximum atomic E-state index is 5.75. The molecule has 0 bridgehead atoms. The molecule has 0 spiro atoms. The molecule has 2 saturated heterocycles. The van der Waals surface area contributed by atoms with E-state index in [1.54, 1.807) is 0 Å². The third-order valence-corrected chi connectivity index (χ3v) is 4.06. The van der Waals surface area contributed by atoms with E-state index < -0.39 is 0 Å². The zero-order chi connectivity index (χ0) is 11.7. The van der Waals surface area contributed by atoms with Crippen molar-refractivity contribution in [2.45, 2.75) is 25.3 Å².